The molecule has 11 aromatic rings. The Bertz CT molecular complexity index is 3530. The molecule has 0 atom stereocenters. The normalized spacial score (nSPS) is 13.0. The third-order valence-corrected chi connectivity index (χ3v) is 13.2. The van der Waals surface area contributed by atoms with Crippen LogP contribution in [0.2, 0.25) is 0 Å². The Hall–Kier alpha value is -8.14. The van der Waals surface area contributed by atoms with Crippen molar-refractivity contribution in [2.24, 2.45) is 0 Å². The van der Waals surface area contributed by atoms with Gasteiger partial charge in [0.1, 0.15) is 11.2 Å². The summed E-state index contributed by atoms with van der Waals surface area (Å²) in [5.74, 6) is 0.643. The van der Waals surface area contributed by atoms with Crippen LogP contribution in [-0.2, 0) is 5.41 Å². The quantitative estimate of drug-likeness (QED) is 0.178. The third-order valence-electron chi connectivity index (χ3n) is 13.2. The van der Waals surface area contributed by atoms with Crippen LogP contribution in [0.5, 0.6) is 0 Å². The zero-order valence-corrected chi connectivity index (χ0v) is 33.6. The number of furan rings is 1. The minimum absolute atomic E-state index is 0.546. The van der Waals surface area contributed by atoms with E-state index < -0.39 is 5.41 Å². The van der Waals surface area contributed by atoms with Crippen LogP contribution in [0.3, 0.4) is 0 Å². The molecule has 1 spiro atoms. The van der Waals surface area contributed by atoms with Crippen molar-refractivity contribution in [3.63, 3.8) is 0 Å². The molecule has 288 valence electrons. The molecule has 0 saturated heterocycles. The maximum atomic E-state index is 6.38. The minimum atomic E-state index is -0.546. The Morgan fingerprint density at radius 3 is 1.48 bits per heavy atom. The molecule has 13 rings (SSSR count). The fourth-order valence-electron chi connectivity index (χ4n) is 10.5. The monoisotopic (exact) mass is 788 g/mol. The van der Waals surface area contributed by atoms with Gasteiger partial charge in [0.25, 0.3) is 0 Å². The summed E-state index contributed by atoms with van der Waals surface area (Å²) in [5.41, 5.74) is 20.7. The van der Waals surface area contributed by atoms with Gasteiger partial charge in [0.05, 0.1) is 16.8 Å². The Morgan fingerprint density at radius 2 is 0.790 bits per heavy atom. The highest BCUT2D eigenvalue weighted by Gasteiger charge is 2.49. The van der Waals surface area contributed by atoms with E-state index in [0.29, 0.717) is 5.82 Å². The van der Waals surface area contributed by atoms with Gasteiger partial charge in [-0.15, -0.1) is 0 Å². The highest BCUT2D eigenvalue weighted by Crippen LogP contribution is 2.61. The summed E-state index contributed by atoms with van der Waals surface area (Å²) in [6.07, 6.45) is 0. The van der Waals surface area contributed by atoms with E-state index in [0.717, 1.165) is 61.1 Å². The Kier molecular flexibility index (Phi) is 7.52. The molecule has 2 aliphatic rings. The van der Waals surface area contributed by atoms with Crippen molar-refractivity contribution in [1.29, 1.82) is 0 Å². The first kappa shape index (κ1) is 34.7. The molecule has 62 heavy (non-hydrogen) atoms. The fraction of sp³-hybridized carbons (Fsp3) is 0.0169. The molecule has 3 heteroatoms. The number of rotatable bonds is 4. The van der Waals surface area contributed by atoms with Gasteiger partial charge in [0.15, 0.2) is 5.82 Å². The van der Waals surface area contributed by atoms with Crippen LogP contribution in [0.15, 0.2) is 223 Å². The Morgan fingerprint density at radius 1 is 0.290 bits per heavy atom. The van der Waals surface area contributed by atoms with E-state index in [2.05, 4.69) is 206 Å². The smallest absolute Gasteiger partial charge is 0.160 e. The van der Waals surface area contributed by atoms with Crippen LogP contribution < -0.4 is 0 Å². The Balaban J connectivity index is 1.06. The van der Waals surface area contributed by atoms with Gasteiger partial charge in [-0.05, 0) is 97.1 Å². The van der Waals surface area contributed by atoms with Crippen LogP contribution in [0, 0.1) is 0 Å². The molecule has 2 aromatic heterocycles. The highest BCUT2D eigenvalue weighted by molar-refractivity contribution is 6.06. The van der Waals surface area contributed by atoms with Gasteiger partial charge in [-0.1, -0.05) is 188 Å². The van der Waals surface area contributed by atoms with Gasteiger partial charge in [-0.3, -0.25) is 0 Å². The molecular formula is C59H36N2O. The molecule has 3 nitrogen and oxygen atoms in total. The van der Waals surface area contributed by atoms with E-state index in [1.165, 1.54) is 55.6 Å². The lowest BCUT2D eigenvalue weighted by Gasteiger charge is -2.35. The van der Waals surface area contributed by atoms with E-state index in [1.54, 1.807) is 0 Å². The van der Waals surface area contributed by atoms with E-state index >= 15 is 0 Å². The van der Waals surface area contributed by atoms with E-state index in [4.69, 9.17) is 14.4 Å². The van der Waals surface area contributed by atoms with Gasteiger partial charge in [-0.2, -0.15) is 0 Å². The summed E-state index contributed by atoms with van der Waals surface area (Å²) < 4.78 is 6.38. The average molecular weight is 789 g/mol. The number of hydrogen-bond acceptors (Lipinski definition) is 3. The van der Waals surface area contributed by atoms with Crippen LogP contribution in [0.1, 0.15) is 22.3 Å². The predicted octanol–water partition coefficient (Wildman–Crippen LogP) is 15.1. The summed E-state index contributed by atoms with van der Waals surface area (Å²) in [6, 6.07) is 78.8. The molecule has 0 N–H and O–H groups in total. The Labute approximate surface area is 359 Å². The van der Waals surface area contributed by atoms with Crippen molar-refractivity contribution in [2.75, 3.05) is 0 Å². The second-order valence-corrected chi connectivity index (χ2v) is 16.4. The predicted molar refractivity (Wildman–Crippen MR) is 253 cm³/mol. The van der Waals surface area contributed by atoms with Crippen molar-refractivity contribution in [1.82, 2.24) is 9.97 Å². The molecule has 0 bridgehead atoms. The van der Waals surface area contributed by atoms with Gasteiger partial charge in [-0.25, -0.2) is 9.97 Å². The molecule has 2 aliphatic carbocycles. The van der Waals surface area contributed by atoms with Crippen LogP contribution in [0.4, 0.5) is 0 Å². The van der Waals surface area contributed by atoms with E-state index in [9.17, 15) is 0 Å². The van der Waals surface area contributed by atoms with Crippen LogP contribution in [0.25, 0.3) is 100 Å². The summed E-state index contributed by atoms with van der Waals surface area (Å²) >= 11 is 0. The van der Waals surface area contributed by atoms with Gasteiger partial charge in [0.2, 0.25) is 0 Å². The van der Waals surface area contributed by atoms with Crippen LogP contribution in [-0.4, -0.2) is 9.97 Å². The number of fused-ring (bicyclic) bond motifs is 15. The van der Waals surface area contributed by atoms with E-state index in [1.807, 2.05) is 12.1 Å². The molecule has 0 amide bonds. The topological polar surface area (TPSA) is 38.9 Å². The van der Waals surface area contributed by atoms with Crippen molar-refractivity contribution in [2.45, 2.75) is 5.41 Å². The maximum Gasteiger partial charge on any atom is 0.160 e. The zero-order valence-electron chi connectivity index (χ0n) is 33.6. The molecule has 0 saturated carbocycles. The lowest BCUT2D eigenvalue weighted by atomic mass is 9.66. The second kappa shape index (κ2) is 13.4. The first-order valence-electron chi connectivity index (χ1n) is 21.2. The molecule has 0 radical (unpaired) electrons. The molecular weight excluding hydrogens is 753 g/mol. The summed E-state index contributed by atoms with van der Waals surface area (Å²) in [5, 5.41) is 2.17. The van der Waals surface area contributed by atoms with Crippen LogP contribution >= 0.6 is 0 Å². The van der Waals surface area contributed by atoms with Crippen molar-refractivity contribution < 1.29 is 4.42 Å². The largest absolute Gasteiger partial charge is 0.456 e. The summed E-state index contributed by atoms with van der Waals surface area (Å²) in [7, 11) is 0. The summed E-state index contributed by atoms with van der Waals surface area (Å²) in [4.78, 5) is 10.8. The average Bonchev–Trinajstić information content (AvgIpc) is 3.84. The minimum Gasteiger partial charge on any atom is -0.456 e. The van der Waals surface area contributed by atoms with Crippen molar-refractivity contribution in [3.05, 3.63) is 241 Å². The number of para-hydroxylation sites is 1. The number of benzene rings is 9. The first-order chi connectivity index (χ1) is 30.7. The SMILES string of the molecule is c1ccc(-c2ccccc2-c2cc(-c3ccc4c(c3)-c3ccccc3C43c4ccccc4-c4ccccc4-c4ccccc43)nc(-c3ccc4c(c3)oc3ccccc34)n2)cc1. The number of aromatic nitrogens is 2. The first-order valence-corrected chi connectivity index (χ1v) is 21.2. The third kappa shape index (κ3) is 5.00. The second-order valence-electron chi connectivity index (χ2n) is 16.4. The number of nitrogens with zero attached hydrogens (tertiary/aromatic N) is 2. The van der Waals surface area contributed by atoms with Gasteiger partial charge in [0, 0.05) is 27.5 Å². The molecule has 0 aliphatic heterocycles. The molecule has 0 fully saturated rings. The molecule has 2 heterocycles. The van der Waals surface area contributed by atoms with E-state index in [-0.39, 0.29) is 0 Å². The fourth-order valence-corrected chi connectivity index (χ4v) is 10.5. The lowest BCUT2D eigenvalue weighted by Crippen LogP contribution is -2.29. The molecule has 0 unspecified atom stereocenters. The zero-order chi connectivity index (χ0) is 40.8. The standard InChI is InChI=1S/C59H36N2O/c1-2-16-37(17-3-1)40-18-4-7-24-46(40)55-36-54(60-58(61-55)39-30-32-48-47-25-11-15-29-56(47)62-57(48)35-39)38-31-33-53-49(34-38)45-23-10-14-28-52(45)59(53)50-26-12-8-21-43(50)41-19-5-6-20-42(41)44-22-9-13-27-51(44)59/h1-36H. The number of hydrogen-bond donors (Lipinski definition) is 0. The van der Waals surface area contributed by atoms with Crippen molar-refractivity contribution in [3.8, 4) is 78.4 Å². The summed E-state index contributed by atoms with van der Waals surface area (Å²) in [6.45, 7) is 0. The maximum absolute atomic E-state index is 6.38. The van der Waals surface area contributed by atoms with Crippen molar-refractivity contribution >= 4 is 21.9 Å². The van der Waals surface area contributed by atoms with Gasteiger partial charge < -0.3 is 4.42 Å². The molecule has 9 aromatic carbocycles. The van der Waals surface area contributed by atoms with Gasteiger partial charge >= 0.3 is 0 Å². The highest BCUT2D eigenvalue weighted by atomic mass is 16.3. The lowest BCUT2D eigenvalue weighted by molar-refractivity contribution is 0.669.